The van der Waals surface area contributed by atoms with Crippen LogP contribution in [-0.2, 0) is 16.6 Å². The molecule has 2 aromatic rings. The molecule has 0 atom stereocenters. The molecule has 1 aromatic heterocycles. The summed E-state index contributed by atoms with van der Waals surface area (Å²) in [5.74, 6) is 0. The highest BCUT2D eigenvalue weighted by molar-refractivity contribution is 7.89. The Morgan fingerprint density at radius 3 is 2.67 bits per heavy atom. The highest BCUT2D eigenvalue weighted by Gasteiger charge is 2.38. The van der Waals surface area contributed by atoms with Gasteiger partial charge in [-0.25, -0.2) is 8.42 Å². The molecular weight excluding hydrogens is 328 g/mol. The number of sulfonamides is 1. The zero-order valence-electron chi connectivity index (χ0n) is 11.2. The number of nitrogens with zero attached hydrogens (tertiary/aromatic N) is 1. The molecule has 1 aromatic carbocycles. The van der Waals surface area contributed by atoms with Crippen LogP contribution < -0.4 is 5.73 Å². The lowest BCUT2D eigenvalue weighted by Crippen LogP contribution is -2.33. The average molecular weight is 343 g/mol. The molecular formula is C14H15ClN2O2S2. The number of halogens is 1. The number of rotatable bonds is 5. The Bertz CT molecular complexity index is 740. The van der Waals surface area contributed by atoms with Crippen molar-refractivity contribution in [2.45, 2.75) is 30.3 Å². The molecule has 0 aliphatic heterocycles. The Kier molecular flexibility index (Phi) is 3.96. The van der Waals surface area contributed by atoms with Gasteiger partial charge in [-0.1, -0.05) is 11.6 Å². The van der Waals surface area contributed by atoms with Crippen LogP contribution in [-0.4, -0.2) is 18.8 Å². The lowest BCUT2D eigenvalue weighted by atomic mass is 10.3. The molecule has 0 bridgehead atoms. The summed E-state index contributed by atoms with van der Waals surface area (Å²) < 4.78 is 27.3. The third kappa shape index (κ3) is 3.08. The minimum absolute atomic E-state index is 0.0741. The summed E-state index contributed by atoms with van der Waals surface area (Å²) in [7, 11) is -3.61. The van der Waals surface area contributed by atoms with E-state index in [9.17, 15) is 8.42 Å². The van der Waals surface area contributed by atoms with E-state index in [1.165, 1.54) is 12.1 Å². The number of hydrogen-bond donors (Lipinski definition) is 1. The van der Waals surface area contributed by atoms with Crippen LogP contribution in [0.15, 0.2) is 39.9 Å². The van der Waals surface area contributed by atoms with E-state index < -0.39 is 10.0 Å². The fraction of sp³-hybridized carbons (Fsp3) is 0.286. The zero-order valence-corrected chi connectivity index (χ0v) is 13.6. The second kappa shape index (κ2) is 5.61. The Hall–Kier alpha value is -1.08. The van der Waals surface area contributed by atoms with Crippen LogP contribution in [0.2, 0.25) is 5.02 Å². The number of nitrogens with two attached hydrogens (primary N) is 1. The van der Waals surface area contributed by atoms with Crippen LogP contribution in [0.1, 0.15) is 18.4 Å². The van der Waals surface area contributed by atoms with Crippen molar-refractivity contribution >= 4 is 38.6 Å². The third-order valence-electron chi connectivity index (χ3n) is 3.43. The second-order valence-electron chi connectivity index (χ2n) is 5.10. The van der Waals surface area contributed by atoms with Gasteiger partial charge in [-0.3, -0.25) is 0 Å². The van der Waals surface area contributed by atoms with E-state index in [1.54, 1.807) is 21.7 Å². The van der Waals surface area contributed by atoms with Gasteiger partial charge in [-0.15, -0.1) is 0 Å². The van der Waals surface area contributed by atoms with Crippen molar-refractivity contribution in [3.8, 4) is 0 Å². The van der Waals surface area contributed by atoms with Gasteiger partial charge in [-0.05, 0) is 53.4 Å². The molecule has 7 heteroatoms. The molecule has 0 spiro atoms. The number of benzene rings is 1. The van der Waals surface area contributed by atoms with Crippen LogP contribution in [0.5, 0.6) is 0 Å². The summed E-state index contributed by atoms with van der Waals surface area (Å²) in [5.41, 5.74) is 7.05. The number of thiophene rings is 1. The maximum atomic E-state index is 12.9. The van der Waals surface area contributed by atoms with Crippen LogP contribution in [0.3, 0.4) is 0 Å². The topological polar surface area (TPSA) is 63.4 Å². The van der Waals surface area contributed by atoms with Crippen molar-refractivity contribution in [3.05, 3.63) is 45.6 Å². The number of nitrogen functional groups attached to an aromatic ring is 1. The first-order valence-electron chi connectivity index (χ1n) is 6.56. The van der Waals surface area contributed by atoms with Crippen molar-refractivity contribution in [2.24, 2.45) is 0 Å². The van der Waals surface area contributed by atoms with Gasteiger partial charge in [0.05, 0.1) is 5.69 Å². The van der Waals surface area contributed by atoms with Gasteiger partial charge in [0.15, 0.2) is 0 Å². The minimum Gasteiger partial charge on any atom is -0.398 e. The summed E-state index contributed by atoms with van der Waals surface area (Å²) in [4.78, 5) is 0.133. The first kappa shape index (κ1) is 14.8. The average Bonchev–Trinajstić information content (AvgIpc) is 3.11. The van der Waals surface area contributed by atoms with Crippen LogP contribution >= 0.6 is 22.9 Å². The predicted molar refractivity (Wildman–Crippen MR) is 85.9 cm³/mol. The lowest BCUT2D eigenvalue weighted by Gasteiger charge is -2.22. The highest BCUT2D eigenvalue weighted by atomic mass is 35.5. The summed E-state index contributed by atoms with van der Waals surface area (Å²) in [6.07, 6.45) is 1.80. The third-order valence-corrected chi connectivity index (χ3v) is 6.37. The largest absolute Gasteiger partial charge is 0.398 e. The summed E-state index contributed by atoms with van der Waals surface area (Å²) in [6.45, 7) is 0.387. The molecule has 0 amide bonds. The van der Waals surface area contributed by atoms with Crippen LogP contribution in [0.4, 0.5) is 5.69 Å². The SMILES string of the molecule is Nc1cc(Cl)ccc1S(=O)(=O)N(Cc1ccsc1)C1CC1. The molecule has 1 heterocycles. The van der Waals surface area contributed by atoms with E-state index in [0.29, 0.717) is 11.6 Å². The van der Waals surface area contributed by atoms with Crippen molar-refractivity contribution < 1.29 is 8.42 Å². The van der Waals surface area contributed by atoms with Crippen molar-refractivity contribution in [1.29, 1.82) is 0 Å². The normalized spacial score (nSPS) is 15.5. The zero-order chi connectivity index (χ0) is 15.0. The molecule has 4 nitrogen and oxygen atoms in total. The van der Waals surface area contributed by atoms with E-state index in [4.69, 9.17) is 17.3 Å². The van der Waals surface area contributed by atoms with E-state index in [2.05, 4.69) is 0 Å². The molecule has 112 valence electrons. The van der Waals surface area contributed by atoms with Gasteiger partial charge in [-0.2, -0.15) is 15.6 Å². The molecule has 0 saturated heterocycles. The number of anilines is 1. The monoisotopic (exact) mass is 342 g/mol. The van der Waals surface area contributed by atoms with Gasteiger partial charge in [0.2, 0.25) is 10.0 Å². The highest BCUT2D eigenvalue weighted by Crippen LogP contribution is 2.35. The summed E-state index contributed by atoms with van der Waals surface area (Å²) >= 11 is 7.41. The lowest BCUT2D eigenvalue weighted by molar-refractivity contribution is 0.399. The quantitative estimate of drug-likeness (QED) is 0.847. The van der Waals surface area contributed by atoms with Crippen molar-refractivity contribution in [3.63, 3.8) is 0 Å². The number of hydrogen-bond acceptors (Lipinski definition) is 4. The molecule has 1 aliphatic carbocycles. The fourth-order valence-electron chi connectivity index (χ4n) is 2.22. The van der Waals surface area contributed by atoms with Crippen LogP contribution in [0.25, 0.3) is 0 Å². The molecule has 0 radical (unpaired) electrons. The molecule has 2 N–H and O–H groups in total. The smallest absolute Gasteiger partial charge is 0.245 e. The van der Waals surface area contributed by atoms with Gasteiger partial charge in [0.1, 0.15) is 4.90 Å². The standard InChI is InChI=1S/C14H15ClN2O2S2/c15-11-1-4-14(13(16)7-11)21(18,19)17(12-2-3-12)8-10-5-6-20-9-10/h1,4-7,9,12H,2-3,8,16H2. The second-order valence-corrected chi connectivity index (χ2v) is 8.17. The van der Waals surface area contributed by atoms with E-state index in [0.717, 1.165) is 18.4 Å². The predicted octanol–water partition coefficient (Wildman–Crippen LogP) is 3.34. The Balaban J connectivity index is 1.97. The Morgan fingerprint density at radius 1 is 1.33 bits per heavy atom. The Morgan fingerprint density at radius 2 is 2.10 bits per heavy atom. The first-order chi connectivity index (χ1) is 9.98. The van der Waals surface area contributed by atoms with E-state index in [-0.39, 0.29) is 16.6 Å². The maximum absolute atomic E-state index is 12.9. The van der Waals surface area contributed by atoms with Crippen molar-refractivity contribution in [1.82, 2.24) is 4.31 Å². The molecule has 0 unspecified atom stereocenters. The summed E-state index contributed by atoms with van der Waals surface area (Å²) in [6, 6.07) is 6.53. The fourth-order valence-corrected chi connectivity index (χ4v) is 4.83. The van der Waals surface area contributed by atoms with E-state index >= 15 is 0 Å². The van der Waals surface area contributed by atoms with Crippen molar-refractivity contribution in [2.75, 3.05) is 5.73 Å². The molecule has 3 rings (SSSR count). The van der Waals surface area contributed by atoms with Gasteiger partial charge >= 0.3 is 0 Å². The molecule has 21 heavy (non-hydrogen) atoms. The maximum Gasteiger partial charge on any atom is 0.245 e. The Labute approximate surface area is 133 Å². The summed E-state index contributed by atoms with van der Waals surface area (Å²) in [5, 5.41) is 4.35. The molecule has 1 saturated carbocycles. The molecule has 1 fully saturated rings. The first-order valence-corrected chi connectivity index (χ1v) is 9.32. The van der Waals surface area contributed by atoms with Crippen LogP contribution in [0, 0.1) is 0 Å². The van der Waals surface area contributed by atoms with Gasteiger partial charge < -0.3 is 5.73 Å². The molecule has 1 aliphatic rings. The van der Waals surface area contributed by atoms with E-state index in [1.807, 2.05) is 16.8 Å². The van der Waals surface area contributed by atoms with Gasteiger partial charge in [0, 0.05) is 17.6 Å². The van der Waals surface area contributed by atoms with Gasteiger partial charge in [0.25, 0.3) is 0 Å². The minimum atomic E-state index is -3.61.